The number of hydrogen-bond acceptors (Lipinski definition) is 8. The van der Waals surface area contributed by atoms with Crippen LogP contribution in [0.5, 0.6) is 5.75 Å². The van der Waals surface area contributed by atoms with Gasteiger partial charge in [-0.05, 0) is 63.2 Å². The van der Waals surface area contributed by atoms with Gasteiger partial charge in [-0.1, -0.05) is 0 Å². The second-order valence-corrected chi connectivity index (χ2v) is 13.9. The molecule has 2 aliphatic rings. The lowest BCUT2D eigenvalue weighted by Gasteiger charge is -2.36. The number of benzene rings is 2. The van der Waals surface area contributed by atoms with Crippen molar-refractivity contribution in [3.8, 4) is 5.75 Å². The highest BCUT2D eigenvalue weighted by molar-refractivity contribution is 7.92. The van der Waals surface area contributed by atoms with E-state index in [-0.39, 0.29) is 54.4 Å². The van der Waals surface area contributed by atoms with Crippen molar-refractivity contribution in [1.82, 2.24) is 9.03 Å². The van der Waals surface area contributed by atoms with E-state index in [1.165, 1.54) is 16.4 Å². The van der Waals surface area contributed by atoms with E-state index in [1.807, 2.05) is 0 Å². The molecule has 2 unspecified atom stereocenters. The Bertz CT molecular complexity index is 1550. The van der Waals surface area contributed by atoms with Crippen molar-refractivity contribution < 1.29 is 53.4 Å². The molecule has 1 saturated heterocycles. The van der Waals surface area contributed by atoms with E-state index in [2.05, 4.69) is 14.8 Å². The van der Waals surface area contributed by atoms with E-state index in [1.54, 1.807) is 6.92 Å². The maximum Gasteiger partial charge on any atom is 0.427 e. The maximum absolute atomic E-state index is 13.7. The van der Waals surface area contributed by atoms with Gasteiger partial charge in [-0.2, -0.15) is 30.6 Å². The van der Waals surface area contributed by atoms with Crippen LogP contribution < -0.4 is 19.1 Å². The van der Waals surface area contributed by atoms with Crippen molar-refractivity contribution in [3.05, 3.63) is 48.3 Å². The van der Waals surface area contributed by atoms with Crippen molar-refractivity contribution in [2.24, 2.45) is 0 Å². The van der Waals surface area contributed by atoms with Crippen LogP contribution in [0.25, 0.3) is 0 Å². The molecule has 4 rings (SSSR count). The average molecular weight is 655 g/mol. The predicted molar refractivity (Wildman–Crippen MR) is 146 cm³/mol. The van der Waals surface area contributed by atoms with Crippen molar-refractivity contribution in [2.45, 2.75) is 49.7 Å². The summed E-state index contributed by atoms with van der Waals surface area (Å²) in [7, 11) is -8.39. The fraction of sp³-hybridized carbons (Fsp3) is 0.480. The molecule has 2 aromatic rings. The molecule has 2 atom stereocenters. The first-order valence-electron chi connectivity index (χ1n) is 12.9. The number of alkyl halides is 3. The maximum atomic E-state index is 13.7. The summed E-state index contributed by atoms with van der Waals surface area (Å²) < 4.78 is 126. The van der Waals surface area contributed by atoms with E-state index >= 15 is 0 Å². The highest BCUT2D eigenvalue weighted by atomic mass is 32.2. The van der Waals surface area contributed by atoms with Crippen molar-refractivity contribution in [1.29, 1.82) is 0 Å². The van der Waals surface area contributed by atoms with Crippen LogP contribution in [0, 0.1) is 5.82 Å². The van der Waals surface area contributed by atoms with E-state index in [9.17, 15) is 39.2 Å². The van der Waals surface area contributed by atoms with Gasteiger partial charge in [0, 0.05) is 18.8 Å². The summed E-state index contributed by atoms with van der Waals surface area (Å²) >= 11 is 0. The summed E-state index contributed by atoms with van der Waals surface area (Å²) in [5.41, 5.74) is -3.05. The van der Waals surface area contributed by atoms with Crippen LogP contribution in [0.2, 0.25) is 0 Å². The van der Waals surface area contributed by atoms with Gasteiger partial charge in [-0.15, -0.1) is 0 Å². The molecule has 2 N–H and O–H groups in total. The molecule has 2 aliphatic heterocycles. The second-order valence-electron chi connectivity index (χ2n) is 10.3. The van der Waals surface area contributed by atoms with Crippen LogP contribution in [0.4, 0.5) is 33.7 Å². The van der Waals surface area contributed by atoms with Crippen LogP contribution >= 0.6 is 0 Å². The summed E-state index contributed by atoms with van der Waals surface area (Å²) in [6.45, 7) is 2.75. The minimum absolute atomic E-state index is 0.0318. The van der Waals surface area contributed by atoms with Crippen LogP contribution in [-0.2, 0) is 29.7 Å². The zero-order valence-corrected chi connectivity index (χ0v) is 24.9. The highest BCUT2D eigenvalue weighted by Gasteiger charge is 2.51. The third kappa shape index (κ3) is 7.49. The topological polar surface area (TPSA) is 144 Å². The molecule has 1 fully saturated rings. The SMILES string of the molecule is CC1CN(S(=O)(=O)NCC2CN(S(=O)(=O)c3ccc(F)cc3)c3cc(NC(=O)OC(C)(C)C(F)(F)F)ccc3O2)CCO1. The van der Waals surface area contributed by atoms with Crippen LogP contribution in [0.3, 0.4) is 0 Å². The van der Waals surface area contributed by atoms with Gasteiger partial charge in [0.25, 0.3) is 20.2 Å². The van der Waals surface area contributed by atoms with Gasteiger partial charge >= 0.3 is 12.3 Å². The highest BCUT2D eigenvalue weighted by Crippen LogP contribution is 2.39. The number of fused-ring (bicyclic) bond motifs is 1. The quantitative estimate of drug-likeness (QED) is 0.413. The first-order valence-corrected chi connectivity index (χ1v) is 15.8. The smallest absolute Gasteiger partial charge is 0.427 e. The third-order valence-electron chi connectivity index (χ3n) is 6.61. The predicted octanol–water partition coefficient (Wildman–Crippen LogP) is 3.23. The third-order valence-corrected chi connectivity index (χ3v) is 9.94. The second kappa shape index (κ2) is 12.1. The fourth-order valence-corrected chi connectivity index (χ4v) is 6.98. The zero-order valence-electron chi connectivity index (χ0n) is 23.2. The summed E-state index contributed by atoms with van der Waals surface area (Å²) in [6, 6.07) is 7.61. The van der Waals surface area contributed by atoms with Gasteiger partial charge in [0.2, 0.25) is 5.60 Å². The van der Waals surface area contributed by atoms with E-state index in [0.717, 1.165) is 34.6 Å². The number of rotatable bonds is 8. The lowest BCUT2D eigenvalue weighted by Crippen LogP contribution is -2.53. The number of nitrogens with zero attached hydrogens (tertiary/aromatic N) is 2. The number of carbonyl (C=O) groups is 1. The molecule has 0 radical (unpaired) electrons. The Balaban J connectivity index is 1.61. The molecule has 0 aromatic heterocycles. The lowest BCUT2D eigenvalue weighted by atomic mass is 10.1. The number of nitrogens with one attached hydrogen (secondary N) is 2. The Labute approximate surface area is 246 Å². The van der Waals surface area contributed by atoms with Gasteiger partial charge in [0.05, 0.1) is 36.4 Å². The van der Waals surface area contributed by atoms with E-state index in [4.69, 9.17) is 9.47 Å². The summed E-state index contributed by atoms with van der Waals surface area (Å²) in [6.07, 6.45) is -7.66. The van der Waals surface area contributed by atoms with Crippen molar-refractivity contribution in [2.75, 3.05) is 42.4 Å². The molecule has 0 bridgehead atoms. The summed E-state index contributed by atoms with van der Waals surface area (Å²) in [5, 5.41) is 2.14. The monoisotopic (exact) mass is 654 g/mol. The van der Waals surface area contributed by atoms with E-state index < -0.39 is 56.6 Å². The summed E-state index contributed by atoms with van der Waals surface area (Å²) in [5.74, 6) is -0.714. The average Bonchev–Trinajstić information content (AvgIpc) is 2.91. The first kappa shape index (κ1) is 32.7. The number of halogens is 4. The number of amides is 1. The van der Waals surface area contributed by atoms with Gasteiger partial charge in [0.15, 0.2) is 0 Å². The standard InChI is InChI=1S/C25H30F4N4O8S2/c1-16-14-32(10-11-39-16)43(37,38)30-13-19-15-33(42(35,36)20-7-4-17(26)5-8-20)21-12-18(6-9-22(21)40-19)31-23(34)41-24(2,3)25(27,28)29/h4-9,12,16,19,30H,10-11,13-15H2,1-3H3,(H,31,34). The Morgan fingerprint density at radius 2 is 1.74 bits per heavy atom. The molecular weight excluding hydrogens is 624 g/mol. The van der Waals surface area contributed by atoms with Gasteiger partial charge in [-0.25, -0.2) is 17.6 Å². The van der Waals surface area contributed by atoms with Crippen molar-refractivity contribution >= 4 is 37.7 Å². The Hall–Kier alpha value is -3.19. The number of ether oxygens (including phenoxy) is 3. The van der Waals surface area contributed by atoms with Crippen molar-refractivity contribution in [3.63, 3.8) is 0 Å². The minimum atomic E-state index is -4.86. The number of carbonyl (C=O) groups excluding carboxylic acids is 1. The normalized spacial score (nSPS) is 20.2. The van der Waals surface area contributed by atoms with Crippen LogP contribution in [-0.4, -0.2) is 84.0 Å². The number of anilines is 2. The molecule has 0 saturated carbocycles. The van der Waals surface area contributed by atoms with Crippen LogP contribution in [0.15, 0.2) is 47.4 Å². The number of hydrogen-bond donors (Lipinski definition) is 2. The summed E-state index contributed by atoms with van der Waals surface area (Å²) in [4.78, 5) is 11.9. The Morgan fingerprint density at radius 1 is 1.07 bits per heavy atom. The Kier molecular flexibility index (Phi) is 9.18. The molecule has 12 nitrogen and oxygen atoms in total. The number of morpholine rings is 1. The molecule has 0 aliphatic carbocycles. The molecule has 0 spiro atoms. The lowest BCUT2D eigenvalue weighted by molar-refractivity contribution is -0.242. The molecule has 2 aromatic carbocycles. The van der Waals surface area contributed by atoms with Gasteiger partial charge in [0.1, 0.15) is 17.7 Å². The van der Waals surface area contributed by atoms with Crippen LogP contribution in [0.1, 0.15) is 20.8 Å². The number of sulfonamides is 1. The molecule has 43 heavy (non-hydrogen) atoms. The molecule has 1 amide bonds. The Morgan fingerprint density at radius 3 is 2.37 bits per heavy atom. The molecular formula is C25H30F4N4O8S2. The minimum Gasteiger partial charge on any atom is -0.485 e. The molecule has 238 valence electrons. The zero-order chi connectivity index (χ0) is 31.8. The first-order chi connectivity index (χ1) is 19.9. The fourth-order valence-electron chi connectivity index (χ4n) is 4.18. The molecule has 18 heteroatoms. The molecule has 2 heterocycles. The largest absolute Gasteiger partial charge is 0.485 e. The van der Waals surface area contributed by atoms with E-state index in [0.29, 0.717) is 13.8 Å². The van der Waals surface area contributed by atoms with Gasteiger partial charge in [-0.3, -0.25) is 9.62 Å². The van der Waals surface area contributed by atoms with Gasteiger partial charge < -0.3 is 14.2 Å².